The van der Waals surface area contributed by atoms with Crippen molar-refractivity contribution in [2.75, 3.05) is 6.61 Å². The zero-order valence-electron chi connectivity index (χ0n) is 12.4. The van der Waals surface area contributed by atoms with Crippen LogP contribution in [-0.2, 0) is 0 Å². The lowest BCUT2D eigenvalue weighted by atomic mass is 10.1. The van der Waals surface area contributed by atoms with Crippen LogP contribution in [0.1, 0.15) is 18.7 Å². The fourth-order valence-corrected chi connectivity index (χ4v) is 2.10. The molecule has 122 valence electrons. The number of benzene rings is 1. The van der Waals surface area contributed by atoms with E-state index in [4.69, 9.17) is 4.74 Å². The Hall–Kier alpha value is -2.31. The third-order valence-corrected chi connectivity index (χ3v) is 3.41. The number of hydrogen-bond acceptors (Lipinski definition) is 4. The van der Waals surface area contributed by atoms with Gasteiger partial charge >= 0.3 is 6.36 Å². The molecule has 1 aliphatic rings. The number of alkyl halides is 3. The normalized spacial score (nSPS) is 14.6. The highest BCUT2D eigenvalue weighted by molar-refractivity contribution is 5.69. The Morgan fingerprint density at radius 1 is 1.26 bits per heavy atom. The smallest absolute Gasteiger partial charge is 0.477 e. The number of aromatic nitrogens is 2. The molecule has 0 amide bonds. The lowest BCUT2D eigenvalue weighted by Gasteiger charge is -2.13. The molecule has 1 aromatic carbocycles. The van der Waals surface area contributed by atoms with E-state index in [1.807, 2.05) is 0 Å². The maximum atomic E-state index is 12.4. The molecule has 0 bridgehead atoms. The lowest BCUT2D eigenvalue weighted by Crippen LogP contribution is -2.17. The van der Waals surface area contributed by atoms with Crippen LogP contribution in [0.4, 0.5) is 13.2 Å². The second-order valence-electron chi connectivity index (χ2n) is 5.47. The zero-order valence-corrected chi connectivity index (χ0v) is 12.4. The van der Waals surface area contributed by atoms with Gasteiger partial charge in [-0.15, -0.1) is 13.2 Å². The van der Waals surface area contributed by atoms with Gasteiger partial charge in [-0.1, -0.05) is 12.1 Å². The largest absolute Gasteiger partial charge is 0.573 e. The first kappa shape index (κ1) is 15.6. The first-order chi connectivity index (χ1) is 10.9. The number of nitrogens with zero attached hydrogens (tertiary/aromatic N) is 2. The molecule has 0 unspecified atom stereocenters. The summed E-state index contributed by atoms with van der Waals surface area (Å²) < 4.78 is 46.7. The minimum Gasteiger partial charge on any atom is -0.477 e. The minimum absolute atomic E-state index is 0.288. The van der Waals surface area contributed by atoms with Gasteiger partial charge in [-0.2, -0.15) is 4.98 Å². The summed E-state index contributed by atoms with van der Waals surface area (Å²) in [5.74, 6) is 1.18. The van der Waals surface area contributed by atoms with Gasteiger partial charge in [0.2, 0.25) is 5.88 Å². The van der Waals surface area contributed by atoms with Crippen LogP contribution in [-0.4, -0.2) is 22.9 Å². The van der Waals surface area contributed by atoms with Gasteiger partial charge in [0, 0.05) is 6.20 Å². The molecule has 1 saturated carbocycles. The van der Waals surface area contributed by atoms with Crippen molar-refractivity contribution < 1.29 is 22.6 Å². The summed E-state index contributed by atoms with van der Waals surface area (Å²) in [7, 11) is 0. The third kappa shape index (κ3) is 4.34. The number of halogens is 3. The van der Waals surface area contributed by atoms with Gasteiger partial charge in [0.1, 0.15) is 11.6 Å². The average molecular weight is 324 g/mol. The molecule has 1 aromatic heterocycles. The minimum atomic E-state index is -4.73. The Kier molecular flexibility index (Phi) is 4.11. The van der Waals surface area contributed by atoms with Crippen molar-refractivity contribution in [3.05, 3.63) is 36.3 Å². The number of aryl methyl sites for hydroxylation is 1. The standard InChI is InChI=1S/C16H15F3N2O2/c1-10-20-8-14(15(21-10)22-9-11-5-6-11)12-3-2-4-13(7-12)23-16(17,18)19/h2-4,7-8,11H,5-6,9H2,1H3. The van der Waals surface area contributed by atoms with Crippen LogP contribution in [0.2, 0.25) is 0 Å². The van der Waals surface area contributed by atoms with E-state index >= 15 is 0 Å². The first-order valence-electron chi connectivity index (χ1n) is 7.23. The zero-order chi connectivity index (χ0) is 16.4. The lowest BCUT2D eigenvalue weighted by molar-refractivity contribution is -0.274. The highest BCUT2D eigenvalue weighted by Crippen LogP contribution is 2.34. The summed E-state index contributed by atoms with van der Waals surface area (Å²) in [6.07, 6.45) is -0.909. The molecule has 2 aromatic rings. The summed E-state index contributed by atoms with van der Waals surface area (Å²) in [5, 5.41) is 0. The van der Waals surface area contributed by atoms with Crippen LogP contribution < -0.4 is 9.47 Å². The predicted octanol–water partition coefficient (Wildman–Crippen LogP) is 4.14. The van der Waals surface area contributed by atoms with E-state index < -0.39 is 6.36 Å². The molecule has 0 saturated heterocycles. The van der Waals surface area contributed by atoms with Crippen molar-refractivity contribution >= 4 is 0 Å². The Balaban J connectivity index is 1.89. The molecule has 0 atom stereocenters. The second-order valence-corrected chi connectivity index (χ2v) is 5.47. The average Bonchev–Trinajstić information content (AvgIpc) is 3.28. The maximum absolute atomic E-state index is 12.4. The molecule has 0 radical (unpaired) electrons. The maximum Gasteiger partial charge on any atom is 0.573 e. The number of rotatable bonds is 5. The second kappa shape index (κ2) is 6.06. The van der Waals surface area contributed by atoms with E-state index in [9.17, 15) is 13.2 Å². The van der Waals surface area contributed by atoms with E-state index in [2.05, 4.69) is 14.7 Å². The van der Waals surface area contributed by atoms with E-state index in [1.54, 1.807) is 19.2 Å². The van der Waals surface area contributed by atoms with Crippen molar-refractivity contribution in [2.45, 2.75) is 26.1 Å². The predicted molar refractivity (Wildman–Crippen MR) is 77.1 cm³/mol. The van der Waals surface area contributed by atoms with Gasteiger partial charge in [-0.25, -0.2) is 4.98 Å². The molecule has 3 rings (SSSR count). The van der Waals surface area contributed by atoms with Crippen molar-refractivity contribution in [1.29, 1.82) is 0 Å². The van der Waals surface area contributed by atoms with Gasteiger partial charge in [0.25, 0.3) is 0 Å². The highest BCUT2D eigenvalue weighted by Gasteiger charge is 2.31. The molecule has 23 heavy (non-hydrogen) atoms. The van der Waals surface area contributed by atoms with Gasteiger partial charge in [0.05, 0.1) is 12.2 Å². The number of ether oxygens (including phenoxy) is 2. The van der Waals surface area contributed by atoms with Crippen molar-refractivity contribution in [2.24, 2.45) is 5.92 Å². The summed E-state index contributed by atoms with van der Waals surface area (Å²) >= 11 is 0. The van der Waals surface area contributed by atoms with Gasteiger partial charge < -0.3 is 9.47 Å². The molecular formula is C16H15F3N2O2. The van der Waals surface area contributed by atoms with E-state index in [0.29, 0.717) is 35.4 Å². The highest BCUT2D eigenvalue weighted by atomic mass is 19.4. The monoisotopic (exact) mass is 324 g/mol. The summed E-state index contributed by atoms with van der Waals surface area (Å²) in [4.78, 5) is 8.37. The van der Waals surface area contributed by atoms with Crippen molar-refractivity contribution in [3.8, 4) is 22.8 Å². The van der Waals surface area contributed by atoms with E-state index in [1.165, 1.54) is 18.2 Å². The molecule has 4 nitrogen and oxygen atoms in total. The molecule has 0 N–H and O–H groups in total. The number of hydrogen-bond donors (Lipinski definition) is 0. The van der Waals surface area contributed by atoms with Crippen molar-refractivity contribution in [1.82, 2.24) is 9.97 Å². The van der Waals surface area contributed by atoms with E-state index in [0.717, 1.165) is 12.8 Å². The molecule has 1 fully saturated rings. The fraction of sp³-hybridized carbons (Fsp3) is 0.375. The van der Waals surface area contributed by atoms with Crippen LogP contribution in [0, 0.1) is 12.8 Å². The van der Waals surface area contributed by atoms with Crippen LogP contribution in [0.15, 0.2) is 30.5 Å². The Bertz CT molecular complexity index is 700. The summed E-state index contributed by atoms with van der Waals surface area (Å²) in [6.45, 7) is 2.29. The summed E-state index contributed by atoms with van der Waals surface area (Å²) in [6, 6.07) is 5.70. The first-order valence-corrected chi connectivity index (χ1v) is 7.23. The molecule has 1 heterocycles. The molecular weight excluding hydrogens is 309 g/mol. The van der Waals surface area contributed by atoms with Crippen LogP contribution in [0.5, 0.6) is 11.6 Å². The van der Waals surface area contributed by atoms with Gasteiger partial charge in [0.15, 0.2) is 0 Å². The Morgan fingerprint density at radius 3 is 2.74 bits per heavy atom. The molecule has 7 heteroatoms. The molecule has 0 spiro atoms. The Morgan fingerprint density at radius 2 is 2.04 bits per heavy atom. The van der Waals surface area contributed by atoms with Crippen LogP contribution >= 0.6 is 0 Å². The summed E-state index contributed by atoms with van der Waals surface area (Å²) in [5.41, 5.74) is 1.06. The fourth-order valence-electron chi connectivity index (χ4n) is 2.10. The van der Waals surface area contributed by atoms with Gasteiger partial charge in [-0.3, -0.25) is 0 Å². The third-order valence-electron chi connectivity index (χ3n) is 3.41. The van der Waals surface area contributed by atoms with E-state index in [-0.39, 0.29) is 5.75 Å². The molecule has 1 aliphatic carbocycles. The van der Waals surface area contributed by atoms with Crippen LogP contribution in [0.25, 0.3) is 11.1 Å². The van der Waals surface area contributed by atoms with Crippen molar-refractivity contribution in [3.63, 3.8) is 0 Å². The SMILES string of the molecule is Cc1ncc(-c2cccc(OC(F)(F)F)c2)c(OCC2CC2)n1. The molecule has 0 aliphatic heterocycles. The Labute approximate surface area is 131 Å². The quantitative estimate of drug-likeness (QED) is 0.829. The van der Waals surface area contributed by atoms with Crippen LogP contribution in [0.3, 0.4) is 0 Å². The topological polar surface area (TPSA) is 44.2 Å². The van der Waals surface area contributed by atoms with Gasteiger partial charge in [-0.05, 0) is 43.4 Å².